The van der Waals surface area contributed by atoms with Crippen molar-refractivity contribution in [2.45, 2.75) is 13.5 Å². The number of carbonyl (C=O) groups excluding carboxylic acids is 1. The summed E-state index contributed by atoms with van der Waals surface area (Å²) in [7, 11) is -3.56. The summed E-state index contributed by atoms with van der Waals surface area (Å²) in [5.41, 5.74) is 3.39. The summed E-state index contributed by atoms with van der Waals surface area (Å²) in [5.74, 6) is -0.820. The Kier molecular flexibility index (Phi) is 6.54. The quantitative estimate of drug-likeness (QED) is 0.299. The molecule has 0 saturated carbocycles. The number of amides is 1. The molecule has 0 aliphatic rings. The maximum atomic E-state index is 12.6. The summed E-state index contributed by atoms with van der Waals surface area (Å²) in [6, 6.07) is 19.0. The molecule has 1 aromatic heterocycles. The zero-order valence-electron chi connectivity index (χ0n) is 18.4. The molecule has 2 N–H and O–H groups in total. The van der Waals surface area contributed by atoms with Gasteiger partial charge in [0.25, 0.3) is 5.91 Å². The van der Waals surface area contributed by atoms with E-state index in [-0.39, 0.29) is 23.7 Å². The number of aromatic nitrogens is 1. The predicted octanol–water partition coefficient (Wildman–Crippen LogP) is 5.83. The average molecular weight is 541 g/mol. The molecule has 10 heteroatoms. The topological polar surface area (TPSA) is 115 Å². The average Bonchev–Trinajstić information content (AvgIpc) is 3.10. The lowest BCUT2D eigenvalue weighted by Gasteiger charge is -2.22. The highest BCUT2D eigenvalue weighted by Crippen LogP contribution is 2.37. The van der Waals surface area contributed by atoms with Crippen molar-refractivity contribution in [3.05, 3.63) is 87.9 Å². The standard InChI is InChI=1S/C24H21BrN4O4S/c1-15-3-5-16(6-4-15)14-29(34(2,32)33)19-10-7-17(8-11-19)23(30)28-27-22-20-13-18(25)9-12-21(20)26-24(22)31/h3-13,26,31H,14H2,1-2H3. The van der Waals surface area contributed by atoms with Crippen molar-refractivity contribution in [3.8, 4) is 5.88 Å². The van der Waals surface area contributed by atoms with E-state index in [1.54, 1.807) is 24.3 Å². The fourth-order valence-corrected chi connectivity index (χ4v) is 4.67. The zero-order valence-corrected chi connectivity index (χ0v) is 20.8. The van der Waals surface area contributed by atoms with Crippen LogP contribution in [-0.2, 0) is 16.6 Å². The molecular formula is C24H21BrN4O4S. The normalized spacial score (nSPS) is 11.9. The lowest BCUT2D eigenvalue weighted by molar-refractivity contribution is 0.0995. The van der Waals surface area contributed by atoms with Crippen LogP contribution in [-0.4, -0.2) is 30.7 Å². The Balaban J connectivity index is 1.56. The van der Waals surface area contributed by atoms with E-state index in [1.165, 1.54) is 16.4 Å². The van der Waals surface area contributed by atoms with Gasteiger partial charge in [0.2, 0.25) is 15.9 Å². The number of nitrogens with one attached hydrogen (secondary N) is 1. The maximum Gasteiger partial charge on any atom is 0.295 e. The molecule has 0 unspecified atom stereocenters. The van der Waals surface area contributed by atoms with E-state index < -0.39 is 15.9 Å². The van der Waals surface area contributed by atoms with Crippen molar-refractivity contribution in [1.29, 1.82) is 0 Å². The van der Waals surface area contributed by atoms with Gasteiger partial charge < -0.3 is 10.1 Å². The van der Waals surface area contributed by atoms with Crippen LogP contribution in [0.5, 0.6) is 5.88 Å². The molecule has 0 radical (unpaired) electrons. The van der Waals surface area contributed by atoms with Crippen LogP contribution in [0.25, 0.3) is 10.9 Å². The minimum absolute atomic E-state index is 0.155. The van der Waals surface area contributed by atoms with E-state index >= 15 is 0 Å². The predicted molar refractivity (Wildman–Crippen MR) is 135 cm³/mol. The molecule has 0 spiro atoms. The van der Waals surface area contributed by atoms with Crippen molar-refractivity contribution in [3.63, 3.8) is 0 Å². The van der Waals surface area contributed by atoms with Gasteiger partial charge in [0.15, 0.2) is 5.69 Å². The van der Waals surface area contributed by atoms with Crippen LogP contribution in [0.4, 0.5) is 11.4 Å². The Morgan fingerprint density at radius 2 is 1.74 bits per heavy atom. The number of nitrogens with zero attached hydrogens (tertiary/aromatic N) is 3. The Bertz CT molecular complexity index is 1490. The van der Waals surface area contributed by atoms with E-state index in [2.05, 4.69) is 31.1 Å². The van der Waals surface area contributed by atoms with Crippen LogP contribution in [0.15, 0.2) is 81.4 Å². The van der Waals surface area contributed by atoms with E-state index in [1.807, 2.05) is 37.3 Å². The number of carbonyl (C=O) groups is 1. The molecule has 0 aliphatic heterocycles. The monoisotopic (exact) mass is 540 g/mol. The van der Waals surface area contributed by atoms with E-state index in [9.17, 15) is 18.3 Å². The van der Waals surface area contributed by atoms with Crippen LogP contribution in [0.2, 0.25) is 0 Å². The number of H-pyrrole nitrogens is 1. The number of sulfonamides is 1. The molecule has 3 aromatic carbocycles. The molecule has 0 aliphatic carbocycles. The number of aryl methyl sites for hydroxylation is 1. The highest BCUT2D eigenvalue weighted by atomic mass is 79.9. The molecular weight excluding hydrogens is 520 g/mol. The van der Waals surface area contributed by atoms with Gasteiger partial charge in [-0.25, -0.2) is 8.42 Å². The van der Waals surface area contributed by atoms with Gasteiger partial charge in [0.1, 0.15) is 0 Å². The Hall–Kier alpha value is -3.50. The number of anilines is 1. The molecule has 1 heterocycles. The number of fused-ring (bicyclic) bond motifs is 1. The van der Waals surface area contributed by atoms with Gasteiger partial charge in [0.05, 0.1) is 24.0 Å². The molecule has 0 fully saturated rings. The molecule has 4 rings (SSSR count). The van der Waals surface area contributed by atoms with Gasteiger partial charge in [-0.1, -0.05) is 45.8 Å². The third kappa shape index (κ3) is 5.18. The molecule has 1 amide bonds. The number of hydrogen-bond acceptors (Lipinski definition) is 5. The van der Waals surface area contributed by atoms with Crippen LogP contribution in [0, 0.1) is 6.92 Å². The molecule has 4 aromatic rings. The second-order valence-electron chi connectivity index (χ2n) is 7.82. The summed E-state index contributed by atoms with van der Waals surface area (Å²) in [4.78, 5) is 15.3. The van der Waals surface area contributed by atoms with Crippen molar-refractivity contribution in [1.82, 2.24) is 4.98 Å². The van der Waals surface area contributed by atoms with Gasteiger partial charge in [-0.2, -0.15) is 0 Å². The number of aromatic hydroxyl groups is 1. The first kappa shape index (κ1) is 23.7. The molecule has 0 bridgehead atoms. The third-order valence-electron chi connectivity index (χ3n) is 5.20. The number of azo groups is 1. The van der Waals surface area contributed by atoms with Gasteiger partial charge >= 0.3 is 0 Å². The zero-order chi connectivity index (χ0) is 24.5. The fourth-order valence-electron chi connectivity index (χ4n) is 3.42. The summed E-state index contributed by atoms with van der Waals surface area (Å²) >= 11 is 3.37. The summed E-state index contributed by atoms with van der Waals surface area (Å²) in [6.45, 7) is 2.13. The van der Waals surface area contributed by atoms with Crippen LogP contribution in [0.1, 0.15) is 21.5 Å². The molecule has 174 valence electrons. The number of aromatic amines is 1. The lowest BCUT2D eigenvalue weighted by Crippen LogP contribution is -2.29. The van der Waals surface area contributed by atoms with Gasteiger partial charge in [-0.05, 0) is 55.0 Å². The first-order valence-electron chi connectivity index (χ1n) is 10.2. The minimum atomic E-state index is -3.56. The van der Waals surface area contributed by atoms with Gasteiger partial charge in [-0.15, -0.1) is 10.2 Å². The minimum Gasteiger partial charge on any atom is -0.493 e. The first-order valence-corrected chi connectivity index (χ1v) is 12.9. The Labute approximate surface area is 205 Å². The van der Waals surface area contributed by atoms with E-state index in [0.717, 1.165) is 21.9 Å². The molecule has 0 saturated heterocycles. The van der Waals surface area contributed by atoms with Crippen molar-refractivity contribution < 1.29 is 18.3 Å². The van der Waals surface area contributed by atoms with Crippen LogP contribution in [0.3, 0.4) is 0 Å². The largest absolute Gasteiger partial charge is 0.493 e. The summed E-state index contributed by atoms with van der Waals surface area (Å²) < 4.78 is 26.9. The molecule has 0 atom stereocenters. The smallest absolute Gasteiger partial charge is 0.295 e. The van der Waals surface area contributed by atoms with E-state index in [4.69, 9.17) is 0 Å². The Morgan fingerprint density at radius 1 is 1.06 bits per heavy atom. The summed E-state index contributed by atoms with van der Waals surface area (Å²) in [5, 5.41) is 18.4. The van der Waals surface area contributed by atoms with Crippen LogP contribution < -0.4 is 4.31 Å². The third-order valence-corrected chi connectivity index (χ3v) is 6.84. The molecule has 8 nitrogen and oxygen atoms in total. The number of hydrogen-bond donors (Lipinski definition) is 2. The van der Waals surface area contributed by atoms with Crippen molar-refractivity contribution in [2.24, 2.45) is 10.2 Å². The number of benzene rings is 3. The Morgan fingerprint density at radius 3 is 2.38 bits per heavy atom. The second-order valence-corrected chi connectivity index (χ2v) is 10.6. The SMILES string of the molecule is Cc1ccc(CN(c2ccc(C(=O)N=Nc3c(O)[nH]c4ccc(Br)cc34)cc2)S(C)(=O)=O)cc1. The van der Waals surface area contributed by atoms with E-state index in [0.29, 0.717) is 16.6 Å². The number of halogens is 1. The fraction of sp³-hybridized carbons (Fsp3) is 0.125. The highest BCUT2D eigenvalue weighted by Gasteiger charge is 2.19. The lowest BCUT2D eigenvalue weighted by atomic mass is 10.1. The van der Waals surface area contributed by atoms with Gasteiger partial charge in [-0.3, -0.25) is 9.10 Å². The summed E-state index contributed by atoms with van der Waals surface area (Å²) in [6.07, 6.45) is 1.14. The van der Waals surface area contributed by atoms with Gasteiger partial charge in [0, 0.05) is 15.4 Å². The maximum absolute atomic E-state index is 12.6. The number of rotatable bonds is 6. The second kappa shape index (κ2) is 9.40. The first-order chi connectivity index (χ1) is 16.1. The van der Waals surface area contributed by atoms with Crippen LogP contribution >= 0.6 is 15.9 Å². The molecule has 34 heavy (non-hydrogen) atoms. The highest BCUT2D eigenvalue weighted by molar-refractivity contribution is 9.10. The van der Waals surface area contributed by atoms with Crippen molar-refractivity contribution >= 4 is 54.1 Å². The van der Waals surface area contributed by atoms with Crippen molar-refractivity contribution in [2.75, 3.05) is 10.6 Å².